The molecule has 0 saturated carbocycles. The van der Waals surface area contributed by atoms with Crippen molar-refractivity contribution >= 4 is 11.5 Å². The Labute approximate surface area is 108 Å². The highest BCUT2D eigenvalue weighted by Gasteiger charge is 2.07. The van der Waals surface area contributed by atoms with E-state index >= 15 is 0 Å². The Morgan fingerprint density at radius 1 is 1.44 bits per heavy atom. The standard InChI is InChI=1S/C14H20FNO2/c1-4-18-14-8-7-12(10-13(14)15)16(3)9-5-6-11(2)17/h7-8,10H,4-6,9H2,1-3H3. The fraction of sp³-hybridized carbons (Fsp3) is 0.500. The third-order valence-corrected chi connectivity index (χ3v) is 2.68. The van der Waals surface area contributed by atoms with Crippen LogP contribution in [-0.4, -0.2) is 26.0 Å². The van der Waals surface area contributed by atoms with Crippen LogP contribution in [0.1, 0.15) is 26.7 Å². The van der Waals surface area contributed by atoms with E-state index < -0.39 is 0 Å². The van der Waals surface area contributed by atoms with Gasteiger partial charge in [0.05, 0.1) is 6.61 Å². The summed E-state index contributed by atoms with van der Waals surface area (Å²) in [6, 6.07) is 4.91. The first-order valence-corrected chi connectivity index (χ1v) is 6.17. The molecule has 0 heterocycles. The molecule has 1 aromatic carbocycles. The van der Waals surface area contributed by atoms with Crippen molar-refractivity contribution in [3.8, 4) is 5.75 Å². The van der Waals surface area contributed by atoms with E-state index in [0.29, 0.717) is 13.0 Å². The second kappa shape index (κ2) is 6.99. The molecule has 18 heavy (non-hydrogen) atoms. The zero-order valence-electron chi connectivity index (χ0n) is 11.2. The average Bonchev–Trinajstić information content (AvgIpc) is 2.31. The maximum Gasteiger partial charge on any atom is 0.167 e. The lowest BCUT2D eigenvalue weighted by Crippen LogP contribution is -2.19. The number of anilines is 1. The van der Waals surface area contributed by atoms with E-state index in [1.54, 1.807) is 13.0 Å². The number of carbonyl (C=O) groups is 1. The number of hydrogen-bond donors (Lipinski definition) is 0. The smallest absolute Gasteiger partial charge is 0.167 e. The summed E-state index contributed by atoms with van der Waals surface area (Å²) in [7, 11) is 1.88. The van der Waals surface area contributed by atoms with Gasteiger partial charge in [0.15, 0.2) is 11.6 Å². The molecule has 3 nitrogen and oxygen atoms in total. The summed E-state index contributed by atoms with van der Waals surface area (Å²) in [5.74, 6) is 0.104. The monoisotopic (exact) mass is 253 g/mol. The van der Waals surface area contributed by atoms with Gasteiger partial charge in [-0.3, -0.25) is 0 Å². The molecule has 0 unspecified atom stereocenters. The summed E-state index contributed by atoms with van der Waals surface area (Å²) >= 11 is 0. The Kier molecular flexibility index (Phi) is 5.62. The molecule has 1 rings (SSSR count). The number of rotatable bonds is 7. The van der Waals surface area contributed by atoms with Gasteiger partial charge in [-0.2, -0.15) is 0 Å². The fourth-order valence-corrected chi connectivity index (χ4v) is 1.69. The molecule has 0 amide bonds. The predicted molar refractivity (Wildman–Crippen MR) is 70.8 cm³/mol. The van der Waals surface area contributed by atoms with Gasteiger partial charge in [0.1, 0.15) is 5.78 Å². The number of hydrogen-bond acceptors (Lipinski definition) is 3. The van der Waals surface area contributed by atoms with E-state index in [9.17, 15) is 9.18 Å². The highest BCUT2D eigenvalue weighted by atomic mass is 19.1. The van der Waals surface area contributed by atoms with Crippen molar-refractivity contribution in [3.05, 3.63) is 24.0 Å². The number of carbonyl (C=O) groups excluding carboxylic acids is 1. The third kappa shape index (κ3) is 4.35. The minimum absolute atomic E-state index is 0.182. The Morgan fingerprint density at radius 2 is 2.17 bits per heavy atom. The Balaban J connectivity index is 2.60. The van der Waals surface area contributed by atoms with Crippen LogP contribution >= 0.6 is 0 Å². The molecule has 0 aliphatic heterocycles. The molecular formula is C14H20FNO2. The van der Waals surface area contributed by atoms with Crippen LogP contribution in [0.25, 0.3) is 0 Å². The van der Waals surface area contributed by atoms with Crippen LogP contribution in [0.4, 0.5) is 10.1 Å². The van der Waals surface area contributed by atoms with Gasteiger partial charge >= 0.3 is 0 Å². The van der Waals surface area contributed by atoms with Gasteiger partial charge in [-0.05, 0) is 32.4 Å². The largest absolute Gasteiger partial charge is 0.491 e. The number of Topliss-reactive ketones (excluding diaryl/α,β-unsaturated/α-hetero) is 1. The van der Waals surface area contributed by atoms with E-state index in [0.717, 1.165) is 18.7 Å². The molecule has 0 saturated heterocycles. The van der Waals surface area contributed by atoms with Crippen molar-refractivity contribution in [2.75, 3.05) is 25.1 Å². The summed E-state index contributed by atoms with van der Waals surface area (Å²) in [5, 5.41) is 0. The topological polar surface area (TPSA) is 29.5 Å². The number of benzene rings is 1. The second-order valence-corrected chi connectivity index (χ2v) is 4.27. The van der Waals surface area contributed by atoms with E-state index in [-0.39, 0.29) is 17.3 Å². The summed E-state index contributed by atoms with van der Waals surface area (Å²) < 4.78 is 18.8. The van der Waals surface area contributed by atoms with Gasteiger partial charge in [0.2, 0.25) is 0 Å². The molecule has 0 N–H and O–H groups in total. The van der Waals surface area contributed by atoms with Gasteiger partial charge in [-0.15, -0.1) is 0 Å². The zero-order chi connectivity index (χ0) is 13.5. The van der Waals surface area contributed by atoms with Gasteiger partial charge in [0.25, 0.3) is 0 Å². The molecule has 0 aliphatic rings. The molecule has 0 aromatic heterocycles. The van der Waals surface area contributed by atoms with Crippen LogP contribution in [0, 0.1) is 5.82 Å². The molecule has 1 aromatic rings. The van der Waals surface area contributed by atoms with Crippen LogP contribution < -0.4 is 9.64 Å². The van der Waals surface area contributed by atoms with Crippen LogP contribution in [0.3, 0.4) is 0 Å². The minimum atomic E-state index is -0.354. The second-order valence-electron chi connectivity index (χ2n) is 4.27. The van der Waals surface area contributed by atoms with E-state index in [2.05, 4.69) is 0 Å². The summed E-state index contributed by atoms with van der Waals surface area (Å²) in [6.07, 6.45) is 1.34. The fourth-order valence-electron chi connectivity index (χ4n) is 1.69. The van der Waals surface area contributed by atoms with Gasteiger partial charge in [-0.25, -0.2) is 4.39 Å². The van der Waals surface area contributed by atoms with Crippen molar-refractivity contribution in [1.29, 1.82) is 0 Å². The van der Waals surface area contributed by atoms with Crippen LogP contribution in [0.15, 0.2) is 18.2 Å². The number of ketones is 1. The number of ether oxygens (including phenoxy) is 1. The summed E-state index contributed by atoms with van der Waals surface area (Å²) in [6.45, 7) is 4.58. The number of halogens is 1. The number of nitrogens with zero attached hydrogens (tertiary/aromatic N) is 1. The van der Waals surface area contributed by atoms with Gasteiger partial charge in [0, 0.05) is 31.8 Å². The Morgan fingerprint density at radius 3 is 2.72 bits per heavy atom. The summed E-state index contributed by atoms with van der Waals surface area (Å²) in [5.41, 5.74) is 0.791. The first-order chi connectivity index (χ1) is 8.54. The van der Waals surface area contributed by atoms with Crippen molar-refractivity contribution in [2.45, 2.75) is 26.7 Å². The Hall–Kier alpha value is -1.58. The lowest BCUT2D eigenvalue weighted by Gasteiger charge is -2.19. The molecular weight excluding hydrogens is 233 g/mol. The van der Waals surface area contributed by atoms with E-state index in [1.165, 1.54) is 6.07 Å². The van der Waals surface area contributed by atoms with Crippen LogP contribution in [0.2, 0.25) is 0 Å². The van der Waals surface area contributed by atoms with Gasteiger partial charge < -0.3 is 14.4 Å². The minimum Gasteiger partial charge on any atom is -0.491 e. The van der Waals surface area contributed by atoms with E-state index in [4.69, 9.17) is 4.74 Å². The molecule has 0 bridgehead atoms. The maximum absolute atomic E-state index is 13.6. The average molecular weight is 253 g/mol. The normalized spacial score (nSPS) is 10.2. The van der Waals surface area contributed by atoms with Crippen LogP contribution in [0.5, 0.6) is 5.75 Å². The molecule has 4 heteroatoms. The maximum atomic E-state index is 13.6. The van der Waals surface area contributed by atoms with Crippen molar-refractivity contribution in [2.24, 2.45) is 0 Å². The van der Waals surface area contributed by atoms with E-state index in [1.807, 2.05) is 24.9 Å². The SMILES string of the molecule is CCOc1ccc(N(C)CCCC(C)=O)cc1F. The zero-order valence-corrected chi connectivity index (χ0v) is 11.2. The van der Waals surface area contributed by atoms with Crippen molar-refractivity contribution in [3.63, 3.8) is 0 Å². The molecule has 0 fully saturated rings. The van der Waals surface area contributed by atoms with Crippen molar-refractivity contribution in [1.82, 2.24) is 0 Å². The third-order valence-electron chi connectivity index (χ3n) is 2.68. The quantitative estimate of drug-likeness (QED) is 0.748. The first kappa shape index (κ1) is 14.5. The Bertz CT molecular complexity index is 407. The predicted octanol–water partition coefficient (Wildman–Crippen LogP) is 3.03. The summed E-state index contributed by atoms with van der Waals surface area (Å²) in [4.78, 5) is 12.8. The lowest BCUT2D eigenvalue weighted by molar-refractivity contribution is -0.117. The van der Waals surface area contributed by atoms with Gasteiger partial charge in [-0.1, -0.05) is 0 Å². The highest BCUT2D eigenvalue weighted by molar-refractivity contribution is 5.75. The molecule has 0 spiro atoms. The highest BCUT2D eigenvalue weighted by Crippen LogP contribution is 2.23. The van der Waals surface area contributed by atoms with Crippen LogP contribution in [-0.2, 0) is 4.79 Å². The molecule has 0 radical (unpaired) electrons. The first-order valence-electron chi connectivity index (χ1n) is 6.17. The molecule has 0 aliphatic carbocycles. The van der Waals surface area contributed by atoms with Crippen molar-refractivity contribution < 1.29 is 13.9 Å². The lowest BCUT2D eigenvalue weighted by atomic mass is 10.2. The molecule has 0 atom stereocenters. The molecule has 100 valence electrons.